The van der Waals surface area contributed by atoms with Gasteiger partial charge in [-0.1, -0.05) is 22.6 Å². The van der Waals surface area contributed by atoms with E-state index in [2.05, 4.69) is 22.6 Å². The summed E-state index contributed by atoms with van der Waals surface area (Å²) in [4.78, 5) is 0. The molecule has 1 fully saturated rings. The molecule has 0 spiro atoms. The highest BCUT2D eigenvalue weighted by Crippen LogP contribution is 2.19. The summed E-state index contributed by atoms with van der Waals surface area (Å²) in [6.45, 7) is 0.723. The van der Waals surface area contributed by atoms with Crippen molar-refractivity contribution in [3.05, 3.63) is 0 Å². The van der Waals surface area contributed by atoms with E-state index in [-0.39, 0.29) is 0 Å². The second-order valence-electron chi connectivity index (χ2n) is 1.92. The Hall–Kier alpha value is 0.650. The van der Waals surface area contributed by atoms with E-state index in [4.69, 9.17) is 9.84 Å². The molecule has 0 amide bonds. The third kappa shape index (κ3) is 1.56. The first kappa shape index (κ1) is 6.77. The standard InChI is InChI=1S/C5H9IO2/c6-4-2-1-3-8-5(4)7/h4-5,7H,1-3H2/t4-,5-/m0/s1. The van der Waals surface area contributed by atoms with Crippen molar-refractivity contribution < 1.29 is 9.84 Å². The highest BCUT2D eigenvalue weighted by atomic mass is 127. The minimum atomic E-state index is -0.510. The molecule has 0 aromatic carbocycles. The topological polar surface area (TPSA) is 29.5 Å². The van der Waals surface area contributed by atoms with Gasteiger partial charge in [-0.3, -0.25) is 0 Å². The zero-order valence-corrected chi connectivity index (χ0v) is 6.67. The highest BCUT2D eigenvalue weighted by molar-refractivity contribution is 14.1. The largest absolute Gasteiger partial charge is 0.367 e. The van der Waals surface area contributed by atoms with Crippen LogP contribution in [0.5, 0.6) is 0 Å². The van der Waals surface area contributed by atoms with Crippen LogP contribution in [0.15, 0.2) is 0 Å². The van der Waals surface area contributed by atoms with Gasteiger partial charge in [-0.05, 0) is 12.8 Å². The van der Waals surface area contributed by atoms with E-state index in [1.807, 2.05) is 0 Å². The molecule has 2 nitrogen and oxygen atoms in total. The lowest BCUT2D eigenvalue weighted by molar-refractivity contribution is -0.115. The third-order valence-corrected chi connectivity index (χ3v) is 2.46. The molecule has 48 valence electrons. The summed E-state index contributed by atoms with van der Waals surface area (Å²) < 4.78 is 5.24. The first-order valence-electron chi connectivity index (χ1n) is 2.74. The summed E-state index contributed by atoms with van der Waals surface area (Å²) >= 11 is 2.21. The monoisotopic (exact) mass is 228 g/mol. The minimum absolute atomic E-state index is 0.307. The zero-order valence-electron chi connectivity index (χ0n) is 4.51. The van der Waals surface area contributed by atoms with E-state index in [1.165, 1.54) is 0 Å². The molecule has 0 aromatic rings. The van der Waals surface area contributed by atoms with Crippen LogP contribution in [0, 0.1) is 0 Å². The van der Waals surface area contributed by atoms with Crippen LogP contribution in [0.3, 0.4) is 0 Å². The average molecular weight is 228 g/mol. The van der Waals surface area contributed by atoms with Gasteiger partial charge >= 0.3 is 0 Å². The van der Waals surface area contributed by atoms with Crippen LogP contribution in [-0.4, -0.2) is 21.9 Å². The first-order valence-corrected chi connectivity index (χ1v) is 3.99. The smallest absolute Gasteiger partial charge is 0.166 e. The number of halogens is 1. The van der Waals surface area contributed by atoms with E-state index in [0.717, 1.165) is 19.4 Å². The Morgan fingerprint density at radius 3 is 2.75 bits per heavy atom. The molecule has 1 saturated heterocycles. The SMILES string of the molecule is O[C@H]1OCCC[C@@H]1I. The Morgan fingerprint density at radius 2 is 2.38 bits per heavy atom. The second kappa shape index (κ2) is 2.98. The molecular formula is C5H9IO2. The van der Waals surface area contributed by atoms with Gasteiger partial charge in [-0.25, -0.2) is 0 Å². The van der Waals surface area contributed by atoms with Gasteiger partial charge in [0, 0.05) is 6.61 Å². The summed E-state index contributed by atoms with van der Waals surface area (Å²) in [5, 5.41) is 8.95. The number of ether oxygens (including phenoxy) is 1. The summed E-state index contributed by atoms with van der Waals surface area (Å²) in [6, 6.07) is 0. The van der Waals surface area contributed by atoms with Gasteiger partial charge in [0.15, 0.2) is 6.29 Å². The fourth-order valence-electron chi connectivity index (χ4n) is 0.729. The first-order chi connectivity index (χ1) is 3.80. The molecule has 8 heavy (non-hydrogen) atoms. The Kier molecular flexibility index (Phi) is 2.52. The number of rotatable bonds is 0. The van der Waals surface area contributed by atoms with Crippen LogP contribution in [-0.2, 0) is 4.74 Å². The molecular weight excluding hydrogens is 219 g/mol. The maximum absolute atomic E-state index is 8.95. The fourth-order valence-corrected chi connectivity index (χ4v) is 1.38. The molecule has 1 N–H and O–H groups in total. The molecule has 0 saturated carbocycles. The average Bonchev–Trinajstić information content (AvgIpc) is 1.77. The maximum Gasteiger partial charge on any atom is 0.166 e. The van der Waals surface area contributed by atoms with Crippen LogP contribution in [0.2, 0.25) is 0 Å². The molecule has 1 aliphatic rings. The van der Waals surface area contributed by atoms with E-state index in [1.54, 1.807) is 0 Å². The summed E-state index contributed by atoms with van der Waals surface area (Å²) in [5.41, 5.74) is 0. The van der Waals surface area contributed by atoms with Crippen LogP contribution in [0.1, 0.15) is 12.8 Å². The van der Waals surface area contributed by atoms with Crippen molar-refractivity contribution in [3.63, 3.8) is 0 Å². The Bertz CT molecular complexity index is 66.8. The summed E-state index contributed by atoms with van der Waals surface area (Å²) in [6.07, 6.45) is 1.66. The Labute approximate surface area is 62.4 Å². The number of hydrogen-bond donors (Lipinski definition) is 1. The lowest BCUT2D eigenvalue weighted by Gasteiger charge is -2.22. The Balaban J connectivity index is 2.28. The molecule has 1 heterocycles. The maximum atomic E-state index is 8.95. The molecule has 0 bridgehead atoms. The molecule has 1 rings (SSSR count). The highest BCUT2D eigenvalue weighted by Gasteiger charge is 2.19. The molecule has 0 radical (unpaired) electrons. The number of alkyl halides is 1. The van der Waals surface area contributed by atoms with Crippen molar-refractivity contribution in [2.75, 3.05) is 6.61 Å². The number of aliphatic hydroxyl groups excluding tert-OH is 1. The Morgan fingerprint density at radius 1 is 1.62 bits per heavy atom. The van der Waals surface area contributed by atoms with Gasteiger partial charge < -0.3 is 9.84 Å². The van der Waals surface area contributed by atoms with E-state index in [9.17, 15) is 0 Å². The number of hydrogen-bond acceptors (Lipinski definition) is 2. The van der Waals surface area contributed by atoms with Crippen molar-refractivity contribution in [2.45, 2.75) is 23.1 Å². The summed E-state index contributed by atoms with van der Waals surface area (Å²) in [7, 11) is 0. The molecule has 1 aliphatic heterocycles. The predicted molar refractivity (Wildman–Crippen MR) is 39.0 cm³/mol. The van der Waals surface area contributed by atoms with Gasteiger partial charge in [-0.15, -0.1) is 0 Å². The molecule has 2 atom stereocenters. The van der Waals surface area contributed by atoms with E-state index < -0.39 is 6.29 Å². The van der Waals surface area contributed by atoms with E-state index in [0.29, 0.717) is 3.92 Å². The third-order valence-electron chi connectivity index (χ3n) is 1.22. The summed E-state index contributed by atoms with van der Waals surface area (Å²) in [5.74, 6) is 0. The molecule has 0 unspecified atom stereocenters. The van der Waals surface area contributed by atoms with Crippen molar-refractivity contribution in [2.24, 2.45) is 0 Å². The second-order valence-corrected chi connectivity index (χ2v) is 3.52. The van der Waals surface area contributed by atoms with Crippen molar-refractivity contribution in [1.29, 1.82) is 0 Å². The van der Waals surface area contributed by atoms with Gasteiger partial charge in [0.05, 0.1) is 3.92 Å². The van der Waals surface area contributed by atoms with Gasteiger partial charge in [0.1, 0.15) is 0 Å². The van der Waals surface area contributed by atoms with Crippen molar-refractivity contribution in [1.82, 2.24) is 0 Å². The molecule has 0 aliphatic carbocycles. The quantitative estimate of drug-likeness (QED) is 0.493. The van der Waals surface area contributed by atoms with E-state index >= 15 is 0 Å². The molecule has 0 aromatic heterocycles. The van der Waals surface area contributed by atoms with Crippen LogP contribution in [0.4, 0.5) is 0 Å². The van der Waals surface area contributed by atoms with Crippen LogP contribution in [0.25, 0.3) is 0 Å². The molecule has 3 heteroatoms. The lowest BCUT2D eigenvalue weighted by atomic mass is 10.2. The van der Waals surface area contributed by atoms with Crippen molar-refractivity contribution in [3.8, 4) is 0 Å². The zero-order chi connectivity index (χ0) is 5.98. The minimum Gasteiger partial charge on any atom is -0.367 e. The lowest BCUT2D eigenvalue weighted by Crippen LogP contribution is -2.28. The number of aliphatic hydroxyl groups is 1. The normalized spacial score (nSPS) is 39.8. The van der Waals surface area contributed by atoms with Gasteiger partial charge in [0.2, 0.25) is 0 Å². The van der Waals surface area contributed by atoms with Gasteiger partial charge in [-0.2, -0.15) is 0 Å². The van der Waals surface area contributed by atoms with Crippen molar-refractivity contribution >= 4 is 22.6 Å². The van der Waals surface area contributed by atoms with Gasteiger partial charge in [0.25, 0.3) is 0 Å². The fraction of sp³-hybridized carbons (Fsp3) is 1.00. The van der Waals surface area contributed by atoms with Crippen LogP contribution < -0.4 is 0 Å². The predicted octanol–water partition coefficient (Wildman–Crippen LogP) is 0.919. The van der Waals surface area contributed by atoms with Crippen LogP contribution >= 0.6 is 22.6 Å².